The van der Waals surface area contributed by atoms with Gasteiger partial charge in [0.05, 0.1) is 23.6 Å². The van der Waals surface area contributed by atoms with Crippen LogP contribution >= 0.6 is 11.6 Å². The van der Waals surface area contributed by atoms with Crippen molar-refractivity contribution in [2.75, 3.05) is 18.6 Å². The van der Waals surface area contributed by atoms with E-state index in [1.54, 1.807) is 24.3 Å². The molecule has 1 heterocycles. The maximum Gasteiger partial charge on any atom is 0.254 e. The summed E-state index contributed by atoms with van der Waals surface area (Å²) in [5, 5.41) is 0.285. The molecule has 0 N–H and O–H groups in total. The lowest BCUT2D eigenvalue weighted by Crippen LogP contribution is -2.40. The quantitative estimate of drug-likeness (QED) is 0.757. The van der Waals surface area contributed by atoms with Crippen molar-refractivity contribution < 1.29 is 22.3 Å². The van der Waals surface area contributed by atoms with Crippen LogP contribution in [-0.2, 0) is 16.4 Å². The van der Waals surface area contributed by atoms with Gasteiger partial charge in [-0.1, -0.05) is 23.7 Å². The highest BCUT2D eigenvalue weighted by atomic mass is 35.5. The molecule has 1 aliphatic rings. The zero-order valence-corrected chi connectivity index (χ0v) is 16.3. The van der Waals surface area contributed by atoms with Gasteiger partial charge in [0.2, 0.25) is 0 Å². The molecule has 1 saturated heterocycles. The van der Waals surface area contributed by atoms with Gasteiger partial charge in [0.15, 0.2) is 9.84 Å². The van der Waals surface area contributed by atoms with E-state index in [1.807, 2.05) is 0 Å². The highest BCUT2D eigenvalue weighted by Crippen LogP contribution is 2.28. The Morgan fingerprint density at radius 2 is 2.07 bits per heavy atom. The topological polar surface area (TPSA) is 63.7 Å². The van der Waals surface area contributed by atoms with E-state index in [1.165, 1.54) is 30.2 Å². The second-order valence-electron chi connectivity index (χ2n) is 6.47. The normalized spacial score (nSPS) is 18.3. The summed E-state index contributed by atoms with van der Waals surface area (Å²) in [4.78, 5) is 14.6. The SMILES string of the molecule is COc1ccc(C(=O)N(Cc2cccc(F)c2)[C@H]2CCS(=O)(=O)C2)cc1Cl. The first-order valence-electron chi connectivity index (χ1n) is 8.38. The van der Waals surface area contributed by atoms with E-state index in [4.69, 9.17) is 16.3 Å². The van der Waals surface area contributed by atoms with Gasteiger partial charge in [0.1, 0.15) is 11.6 Å². The molecule has 0 bridgehead atoms. The highest BCUT2D eigenvalue weighted by molar-refractivity contribution is 7.91. The molecule has 1 atom stereocenters. The van der Waals surface area contributed by atoms with Crippen molar-refractivity contribution in [1.82, 2.24) is 4.90 Å². The number of benzene rings is 2. The molecular formula is C19H19ClFNO4S. The Labute approximate surface area is 162 Å². The second kappa shape index (κ2) is 7.86. The summed E-state index contributed by atoms with van der Waals surface area (Å²) < 4.78 is 42.5. The summed E-state index contributed by atoms with van der Waals surface area (Å²) >= 11 is 6.12. The Bertz CT molecular complexity index is 964. The molecule has 2 aromatic rings. The number of carbonyl (C=O) groups is 1. The summed E-state index contributed by atoms with van der Waals surface area (Å²) in [6, 6.07) is 10.1. The van der Waals surface area contributed by atoms with Crippen LogP contribution in [0.25, 0.3) is 0 Å². The highest BCUT2D eigenvalue weighted by Gasteiger charge is 2.35. The average Bonchev–Trinajstić information content (AvgIpc) is 2.98. The van der Waals surface area contributed by atoms with Gasteiger partial charge >= 0.3 is 0 Å². The molecule has 0 radical (unpaired) electrons. The summed E-state index contributed by atoms with van der Waals surface area (Å²) in [5.41, 5.74) is 0.911. The lowest BCUT2D eigenvalue weighted by atomic mass is 10.1. The summed E-state index contributed by atoms with van der Waals surface area (Å²) in [7, 11) is -1.71. The Morgan fingerprint density at radius 1 is 1.30 bits per heavy atom. The van der Waals surface area contributed by atoms with Gasteiger partial charge in [0.25, 0.3) is 5.91 Å². The molecule has 5 nitrogen and oxygen atoms in total. The molecule has 2 aromatic carbocycles. The number of amides is 1. The fraction of sp³-hybridized carbons (Fsp3) is 0.316. The van der Waals surface area contributed by atoms with E-state index in [0.717, 1.165) is 0 Å². The summed E-state index contributed by atoms with van der Waals surface area (Å²) in [6.07, 6.45) is 0.354. The minimum atomic E-state index is -3.19. The zero-order chi connectivity index (χ0) is 19.6. The zero-order valence-electron chi connectivity index (χ0n) is 14.7. The molecule has 1 fully saturated rings. The molecule has 1 aliphatic heterocycles. The van der Waals surface area contributed by atoms with Crippen LogP contribution in [0.15, 0.2) is 42.5 Å². The molecule has 0 saturated carbocycles. The van der Waals surface area contributed by atoms with Crippen molar-refractivity contribution in [3.63, 3.8) is 0 Å². The van der Waals surface area contributed by atoms with E-state index >= 15 is 0 Å². The number of rotatable bonds is 5. The Hall–Kier alpha value is -2.12. The molecule has 0 spiro atoms. The third-order valence-corrected chi connectivity index (χ3v) is 6.60. The van der Waals surface area contributed by atoms with Gasteiger partial charge in [-0.15, -0.1) is 0 Å². The third kappa shape index (κ3) is 4.59. The standard InChI is InChI=1S/C19H19ClFNO4S/c1-26-18-6-5-14(10-17(18)20)19(23)22(16-7-8-27(24,25)12-16)11-13-3-2-4-15(21)9-13/h2-6,9-10,16H,7-8,11-12H2,1H3/t16-/m0/s1. The van der Waals surface area contributed by atoms with Crippen molar-refractivity contribution in [2.24, 2.45) is 0 Å². The Balaban J connectivity index is 1.93. The first-order valence-corrected chi connectivity index (χ1v) is 10.6. The summed E-state index contributed by atoms with van der Waals surface area (Å²) in [5.74, 6) is -0.392. The number of hydrogen-bond acceptors (Lipinski definition) is 4. The van der Waals surface area contributed by atoms with Gasteiger partial charge < -0.3 is 9.64 Å². The third-order valence-electron chi connectivity index (χ3n) is 4.55. The minimum absolute atomic E-state index is 0.0357. The molecule has 0 aromatic heterocycles. The van der Waals surface area contributed by atoms with Gasteiger partial charge in [-0.3, -0.25) is 4.79 Å². The maximum absolute atomic E-state index is 13.5. The van der Waals surface area contributed by atoms with E-state index < -0.39 is 21.7 Å². The van der Waals surface area contributed by atoms with Gasteiger partial charge in [0, 0.05) is 18.2 Å². The van der Waals surface area contributed by atoms with Crippen LogP contribution in [0.2, 0.25) is 5.02 Å². The number of hydrogen-bond donors (Lipinski definition) is 0. The lowest BCUT2D eigenvalue weighted by Gasteiger charge is -2.28. The number of nitrogens with zero attached hydrogens (tertiary/aromatic N) is 1. The number of methoxy groups -OCH3 is 1. The number of sulfone groups is 1. The van der Waals surface area contributed by atoms with E-state index in [0.29, 0.717) is 23.3 Å². The van der Waals surface area contributed by atoms with E-state index in [-0.39, 0.29) is 29.0 Å². The van der Waals surface area contributed by atoms with Gasteiger partial charge in [-0.25, -0.2) is 12.8 Å². The molecule has 27 heavy (non-hydrogen) atoms. The largest absolute Gasteiger partial charge is 0.495 e. The minimum Gasteiger partial charge on any atom is -0.495 e. The molecule has 144 valence electrons. The Kier molecular flexibility index (Phi) is 5.72. The van der Waals surface area contributed by atoms with Gasteiger partial charge in [-0.05, 0) is 42.3 Å². The van der Waals surface area contributed by atoms with Crippen molar-refractivity contribution in [3.8, 4) is 5.75 Å². The molecule has 3 rings (SSSR count). The number of ether oxygens (including phenoxy) is 1. The monoisotopic (exact) mass is 411 g/mol. The number of carbonyl (C=O) groups excluding carboxylic acids is 1. The van der Waals surface area contributed by atoms with Crippen LogP contribution < -0.4 is 4.74 Å². The number of halogens is 2. The second-order valence-corrected chi connectivity index (χ2v) is 9.11. The van der Waals surface area contributed by atoms with Crippen LogP contribution in [0.4, 0.5) is 4.39 Å². The molecular weight excluding hydrogens is 393 g/mol. The Morgan fingerprint density at radius 3 is 2.67 bits per heavy atom. The van der Waals surface area contributed by atoms with Crippen molar-refractivity contribution in [3.05, 3.63) is 64.4 Å². The van der Waals surface area contributed by atoms with Crippen LogP contribution in [0.3, 0.4) is 0 Å². The van der Waals surface area contributed by atoms with E-state index in [2.05, 4.69) is 0 Å². The van der Waals surface area contributed by atoms with Crippen LogP contribution in [0.1, 0.15) is 22.3 Å². The first-order chi connectivity index (χ1) is 12.8. The van der Waals surface area contributed by atoms with Crippen molar-refractivity contribution in [2.45, 2.75) is 19.0 Å². The lowest BCUT2D eigenvalue weighted by molar-refractivity contribution is 0.0680. The fourth-order valence-corrected chi connectivity index (χ4v) is 5.17. The van der Waals surface area contributed by atoms with Crippen LogP contribution in [0, 0.1) is 5.82 Å². The maximum atomic E-state index is 13.5. The molecule has 1 amide bonds. The molecule has 0 aliphatic carbocycles. The van der Waals surface area contributed by atoms with Crippen molar-refractivity contribution >= 4 is 27.3 Å². The van der Waals surface area contributed by atoms with Gasteiger partial charge in [-0.2, -0.15) is 0 Å². The van der Waals surface area contributed by atoms with Crippen LogP contribution in [0.5, 0.6) is 5.75 Å². The first kappa shape index (κ1) is 19.6. The van der Waals surface area contributed by atoms with Crippen molar-refractivity contribution in [1.29, 1.82) is 0 Å². The van der Waals surface area contributed by atoms with Crippen LogP contribution in [-0.4, -0.2) is 43.9 Å². The molecule has 0 unspecified atom stereocenters. The predicted molar refractivity (Wildman–Crippen MR) is 101 cm³/mol. The van der Waals surface area contributed by atoms with E-state index in [9.17, 15) is 17.6 Å². The predicted octanol–water partition coefficient (Wildman–Crippen LogP) is 3.32. The average molecular weight is 412 g/mol. The summed E-state index contributed by atoms with van der Waals surface area (Å²) in [6.45, 7) is 0.112. The smallest absolute Gasteiger partial charge is 0.254 e. The fourth-order valence-electron chi connectivity index (χ4n) is 3.19. The molecule has 8 heteroatoms.